The highest BCUT2D eigenvalue weighted by Gasteiger charge is 2.20. The van der Waals surface area contributed by atoms with E-state index in [9.17, 15) is 9.59 Å². The average molecular weight is 215 g/mol. The zero-order valence-corrected chi connectivity index (χ0v) is 9.40. The third-order valence-electron chi connectivity index (χ3n) is 1.85. The SMILES string of the molecule is COC(=O)C=C(C)N[C@H](C(=O)O)C(C)C. The maximum absolute atomic E-state index is 10.9. The molecular weight excluding hydrogens is 198 g/mol. The number of hydrogen-bond acceptors (Lipinski definition) is 4. The van der Waals surface area contributed by atoms with Crippen LogP contribution in [0.3, 0.4) is 0 Å². The Bertz CT molecular complexity index is 271. The van der Waals surface area contributed by atoms with E-state index >= 15 is 0 Å². The van der Waals surface area contributed by atoms with Crippen molar-refractivity contribution in [2.45, 2.75) is 26.8 Å². The molecule has 0 rings (SSSR count). The van der Waals surface area contributed by atoms with Crippen LogP contribution in [0.5, 0.6) is 0 Å². The number of aliphatic carboxylic acids is 1. The van der Waals surface area contributed by atoms with Crippen molar-refractivity contribution in [3.8, 4) is 0 Å². The fraction of sp³-hybridized carbons (Fsp3) is 0.600. The van der Waals surface area contributed by atoms with Gasteiger partial charge >= 0.3 is 11.9 Å². The Hall–Kier alpha value is -1.52. The molecule has 0 unspecified atom stereocenters. The molecule has 0 aromatic rings. The molecule has 0 aromatic heterocycles. The summed E-state index contributed by atoms with van der Waals surface area (Å²) in [6.07, 6.45) is 1.22. The molecule has 0 aromatic carbocycles. The number of esters is 1. The Kier molecular flexibility index (Phi) is 5.44. The molecule has 0 radical (unpaired) electrons. The van der Waals surface area contributed by atoms with Crippen molar-refractivity contribution in [1.29, 1.82) is 0 Å². The molecule has 0 fully saturated rings. The van der Waals surface area contributed by atoms with Crippen LogP contribution in [0.1, 0.15) is 20.8 Å². The molecule has 0 heterocycles. The Morgan fingerprint density at radius 1 is 1.40 bits per heavy atom. The van der Waals surface area contributed by atoms with Crippen LogP contribution in [-0.4, -0.2) is 30.2 Å². The molecule has 15 heavy (non-hydrogen) atoms. The van der Waals surface area contributed by atoms with Gasteiger partial charge in [-0.3, -0.25) is 0 Å². The lowest BCUT2D eigenvalue weighted by molar-refractivity contribution is -0.140. The highest BCUT2D eigenvalue weighted by atomic mass is 16.5. The lowest BCUT2D eigenvalue weighted by Crippen LogP contribution is -2.40. The summed E-state index contributed by atoms with van der Waals surface area (Å²) in [5.74, 6) is -1.51. The molecule has 1 atom stereocenters. The fourth-order valence-corrected chi connectivity index (χ4v) is 1.04. The molecule has 0 spiro atoms. The monoisotopic (exact) mass is 215 g/mol. The highest BCUT2D eigenvalue weighted by Crippen LogP contribution is 2.04. The molecule has 0 aliphatic heterocycles. The molecule has 0 saturated heterocycles. The number of rotatable bonds is 5. The van der Waals surface area contributed by atoms with Crippen LogP contribution < -0.4 is 5.32 Å². The maximum atomic E-state index is 10.9. The van der Waals surface area contributed by atoms with E-state index in [0.717, 1.165) is 0 Å². The number of ether oxygens (including phenoxy) is 1. The maximum Gasteiger partial charge on any atom is 0.332 e. The van der Waals surface area contributed by atoms with Gasteiger partial charge in [0.1, 0.15) is 6.04 Å². The van der Waals surface area contributed by atoms with Crippen LogP contribution >= 0.6 is 0 Å². The van der Waals surface area contributed by atoms with E-state index in [0.29, 0.717) is 5.70 Å². The van der Waals surface area contributed by atoms with Gasteiger partial charge in [-0.05, 0) is 12.8 Å². The van der Waals surface area contributed by atoms with E-state index in [4.69, 9.17) is 5.11 Å². The molecule has 5 nitrogen and oxygen atoms in total. The number of nitrogens with one attached hydrogen (secondary N) is 1. The molecule has 86 valence electrons. The van der Waals surface area contributed by atoms with Crippen molar-refractivity contribution >= 4 is 11.9 Å². The van der Waals surface area contributed by atoms with E-state index in [-0.39, 0.29) is 5.92 Å². The fourth-order valence-electron chi connectivity index (χ4n) is 1.04. The number of allylic oxidation sites excluding steroid dienone is 1. The first-order chi connectivity index (χ1) is 6.88. The summed E-state index contributed by atoms with van der Waals surface area (Å²) in [6, 6.07) is -0.703. The van der Waals surface area contributed by atoms with Crippen LogP contribution in [0.15, 0.2) is 11.8 Å². The van der Waals surface area contributed by atoms with Crippen LogP contribution in [-0.2, 0) is 14.3 Å². The number of hydrogen-bond donors (Lipinski definition) is 2. The van der Waals surface area contributed by atoms with Gasteiger partial charge in [0.2, 0.25) is 0 Å². The molecule has 0 aliphatic rings. The second kappa shape index (κ2) is 6.06. The smallest absolute Gasteiger partial charge is 0.332 e. The summed E-state index contributed by atoms with van der Waals surface area (Å²) in [5.41, 5.74) is 0.475. The van der Waals surface area contributed by atoms with Crippen LogP contribution in [0.4, 0.5) is 0 Å². The minimum absolute atomic E-state index is 0.0662. The number of carboxylic acid groups (broad SMARTS) is 1. The highest BCUT2D eigenvalue weighted by molar-refractivity contribution is 5.82. The Morgan fingerprint density at radius 2 is 1.93 bits per heavy atom. The van der Waals surface area contributed by atoms with Gasteiger partial charge in [-0.2, -0.15) is 0 Å². The molecule has 2 N–H and O–H groups in total. The largest absolute Gasteiger partial charge is 0.480 e. The number of carbonyl (C=O) groups excluding carboxylic acids is 1. The topological polar surface area (TPSA) is 75.6 Å². The predicted octanol–water partition coefficient (Wildman–Crippen LogP) is 0.762. The molecule has 0 saturated carbocycles. The standard InChI is InChI=1S/C10H17NO4/c1-6(2)9(10(13)14)11-7(3)5-8(12)15-4/h5-6,9,11H,1-4H3,(H,13,14)/t9-/m0/s1. The Labute approximate surface area is 89.1 Å². The molecular formula is C10H17NO4. The van der Waals surface area contributed by atoms with Crippen LogP contribution in [0.25, 0.3) is 0 Å². The third kappa shape index (κ3) is 5.05. The average Bonchev–Trinajstić information content (AvgIpc) is 2.12. The first-order valence-electron chi connectivity index (χ1n) is 4.64. The summed E-state index contributed by atoms with van der Waals surface area (Å²) >= 11 is 0. The van der Waals surface area contributed by atoms with E-state index < -0.39 is 18.0 Å². The normalized spacial score (nSPS) is 13.5. The van der Waals surface area contributed by atoms with Gasteiger partial charge in [0.05, 0.1) is 7.11 Å². The molecule has 0 bridgehead atoms. The summed E-state index contributed by atoms with van der Waals surface area (Å²) in [6.45, 7) is 5.20. The van der Waals surface area contributed by atoms with Crippen molar-refractivity contribution in [1.82, 2.24) is 5.32 Å². The number of carboxylic acids is 1. The van der Waals surface area contributed by atoms with Crippen molar-refractivity contribution in [3.63, 3.8) is 0 Å². The lowest BCUT2D eigenvalue weighted by Gasteiger charge is -2.19. The van der Waals surface area contributed by atoms with Crippen molar-refractivity contribution in [2.24, 2.45) is 5.92 Å². The molecule has 0 amide bonds. The summed E-state index contributed by atoms with van der Waals surface area (Å²) in [5, 5.41) is 11.6. The van der Waals surface area contributed by atoms with Gasteiger partial charge in [0.25, 0.3) is 0 Å². The first kappa shape index (κ1) is 13.5. The second-order valence-corrected chi connectivity index (χ2v) is 3.55. The number of methoxy groups -OCH3 is 1. The van der Waals surface area contributed by atoms with Gasteiger partial charge in [0, 0.05) is 11.8 Å². The summed E-state index contributed by atoms with van der Waals surface area (Å²) < 4.78 is 4.42. The van der Waals surface area contributed by atoms with Crippen molar-refractivity contribution in [2.75, 3.05) is 7.11 Å². The number of carbonyl (C=O) groups is 2. The van der Waals surface area contributed by atoms with Gasteiger partial charge in [-0.15, -0.1) is 0 Å². The predicted molar refractivity (Wildman–Crippen MR) is 55.2 cm³/mol. The van der Waals surface area contributed by atoms with E-state index in [1.165, 1.54) is 13.2 Å². The van der Waals surface area contributed by atoms with Gasteiger partial charge in [-0.1, -0.05) is 13.8 Å². The zero-order chi connectivity index (χ0) is 12.0. The lowest BCUT2D eigenvalue weighted by atomic mass is 10.0. The summed E-state index contributed by atoms with van der Waals surface area (Å²) in [7, 11) is 1.27. The van der Waals surface area contributed by atoms with Gasteiger partial charge < -0.3 is 15.2 Å². The molecule has 0 aliphatic carbocycles. The van der Waals surface area contributed by atoms with Crippen LogP contribution in [0, 0.1) is 5.92 Å². The first-order valence-corrected chi connectivity index (χ1v) is 4.64. The Balaban J connectivity index is 4.48. The van der Waals surface area contributed by atoms with Crippen LogP contribution in [0.2, 0.25) is 0 Å². The van der Waals surface area contributed by atoms with Crippen molar-refractivity contribution < 1.29 is 19.4 Å². The van der Waals surface area contributed by atoms with Crippen molar-refractivity contribution in [3.05, 3.63) is 11.8 Å². The molecule has 5 heteroatoms. The minimum atomic E-state index is -0.942. The minimum Gasteiger partial charge on any atom is -0.480 e. The quantitative estimate of drug-likeness (QED) is 0.523. The van der Waals surface area contributed by atoms with Gasteiger partial charge in [-0.25, -0.2) is 9.59 Å². The Morgan fingerprint density at radius 3 is 2.27 bits per heavy atom. The second-order valence-electron chi connectivity index (χ2n) is 3.55. The third-order valence-corrected chi connectivity index (χ3v) is 1.85. The van der Waals surface area contributed by atoms with E-state index in [1.54, 1.807) is 20.8 Å². The van der Waals surface area contributed by atoms with Gasteiger partial charge in [0.15, 0.2) is 0 Å². The van der Waals surface area contributed by atoms with E-state index in [1.807, 2.05) is 0 Å². The van der Waals surface area contributed by atoms with E-state index in [2.05, 4.69) is 10.1 Å². The zero-order valence-electron chi connectivity index (χ0n) is 9.40. The summed E-state index contributed by atoms with van der Waals surface area (Å²) in [4.78, 5) is 21.7.